The molecule has 1 unspecified atom stereocenters. The van der Waals surface area contributed by atoms with Crippen LogP contribution in [0.2, 0.25) is 0 Å². The molecule has 6 rings (SSSR count). The monoisotopic (exact) mass is 579 g/mol. The number of hydrogen-bond donors (Lipinski definition) is 2. The van der Waals surface area contributed by atoms with E-state index in [0.717, 1.165) is 37.0 Å². The third kappa shape index (κ3) is 5.04. The average molecular weight is 580 g/mol. The highest BCUT2D eigenvalue weighted by Crippen LogP contribution is 2.36. The molecule has 2 fully saturated rings. The van der Waals surface area contributed by atoms with Gasteiger partial charge in [0.05, 0.1) is 24.2 Å². The lowest BCUT2D eigenvalue weighted by molar-refractivity contribution is -0.170. The highest BCUT2D eigenvalue weighted by Gasteiger charge is 2.45. The number of alkyl halides is 3. The van der Waals surface area contributed by atoms with Crippen LogP contribution in [0.3, 0.4) is 0 Å². The standard InChI is InChI=1S/C29H28F3N7O3/c1-28(15-42-16-28)27(41)38-11-2-3-19(14-38)25-37-22(23-24(33)35-10-12-39(23)25)17-4-6-18(7-5-17)26(40)36-21-13-20(8-9-34-21)29(30,31)32/h4-10,12-13,19H,2-3,11,14-16H2,1H3,(H2,33,35)(H,34,36,40). The highest BCUT2D eigenvalue weighted by molar-refractivity contribution is 6.04. The number of nitrogen functional groups attached to an aromatic ring is 1. The van der Waals surface area contributed by atoms with Crippen molar-refractivity contribution in [2.75, 3.05) is 37.4 Å². The summed E-state index contributed by atoms with van der Waals surface area (Å²) in [5, 5.41) is 2.41. The number of ether oxygens (including phenoxy) is 1. The largest absolute Gasteiger partial charge is 0.416 e. The first-order valence-corrected chi connectivity index (χ1v) is 13.5. The topological polar surface area (TPSA) is 128 Å². The van der Waals surface area contributed by atoms with Crippen LogP contribution in [-0.4, -0.2) is 62.4 Å². The van der Waals surface area contributed by atoms with E-state index in [1.807, 2.05) is 16.2 Å². The Morgan fingerprint density at radius 1 is 1.12 bits per heavy atom. The van der Waals surface area contributed by atoms with Crippen molar-refractivity contribution in [1.29, 1.82) is 0 Å². The number of carbonyl (C=O) groups is 2. The zero-order valence-corrected chi connectivity index (χ0v) is 22.7. The molecule has 2 saturated heterocycles. The number of rotatable bonds is 5. The molecule has 0 radical (unpaired) electrons. The van der Waals surface area contributed by atoms with E-state index in [1.165, 1.54) is 0 Å². The minimum Gasteiger partial charge on any atom is -0.382 e. The van der Waals surface area contributed by atoms with Crippen molar-refractivity contribution in [3.63, 3.8) is 0 Å². The van der Waals surface area contributed by atoms with Gasteiger partial charge in [-0.3, -0.25) is 14.0 Å². The predicted octanol–water partition coefficient (Wildman–Crippen LogP) is 4.39. The molecule has 3 N–H and O–H groups in total. The zero-order chi connectivity index (χ0) is 29.6. The number of pyridine rings is 1. The summed E-state index contributed by atoms with van der Waals surface area (Å²) < 4.78 is 46.3. The lowest BCUT2D eigenvalue weighted by atomic mass is 9.85. The van der Waals surface area contributed by atoms with Crippen LogP contribution < -0.4 is 11.1 Å². The van der Waals surface area contributed by atoms with Gasteiger partial charge in [-0.2, -0.15) is 13.2 Å². The Morgan fingerprint density at radius 2 is 1.88 bits per heavy atom. The second kappa shape index (κ2) is 10.4. The number of hydrogen-bond acceptors (Lipinski definition) is 7. The maximum Gasteiger partial charge on any atom is 0.416 e. The maximum absolute atomic E-state index is 13.2. The predicted molar refractivity (Wildman–Crippen MR) is 148 cm³/mol. The number of nitrogens with two attached hydrogens (primary N) is 1. The van der Waals surface area contributed by atoms with Gasteiger partial charge >= 0.3 is 6.18 Å². The number of nitrogens with zero attached hydrogens (tertiary/aromatic N) is 5. The SMILES string of the molecule is CC1(C(=O)N2CCCC(c3nc(-c4ccc(C(=O)Nc5cc(C(F)(F)F)ccn5)cc4)c4c(N)nccn34)C2)COC1. The summed E-state index contributed by atoms with van der Waals surface area (Å²) in [4.78, 5) is 40.9. The Kier molecular flexibility index (Phi) is 6.84. The number of likely N-dealkylation sites (tertiary alicyclic amines) is 1. The molecule has 2 aliphatic heterocycles. The van der Waals surface area contributed by atoms with Gasteiger partial charge in [-0.1, -0.05) is 12.1 Å². The lowest BCUT2D eigenvalue weighted by Crippen LogP contribution is -2.55. The van der Waals surface area contributed by atoms with Crippen molar-refractivity contribution in [2.24, 2.45) is 5.41 Å². The molecule has 0 aliphatic carbocycles. The first-order chi connectivity index (χ1) is 20.0. The van der Waals surface area contributed by atoms with Crippen LogP contribution in [0.25, 0.3) is 16.8 Å². The number of anilines is 2. The molecule has 1 aromatic carbocycles. The number of nitrogens with one attached hydrogen (secondary N) is 1. The molecule has 13 heteroatoms. The van der Waals surface area contributed by atoms with E-state index in [1.54, 1.807) is 36.7 Å². The van der Waals surface area contributed by atoms with Crippen LogP contribution in [0.1, 0.15) is 47.4 Å². The minimum absolute atomic E-state index is 0.0274. The second-order valence-corrected chi connectivity index (χ2v) is 11.0. The van der Waals surface area contributed by atoms with Gasteiger partial charge < -0.3 is 20.7 Å². The Labute approximate surface area is 238 Å². The minimum atomic E-state index is -4.55. The van der Waals surface area contributed by atoms with Crippen LogP contribution in [0, 0.1) is 5.41 Å². The van der Waals surface area contributed by atoms with Gasteiger partial charge in [0.25, 0.3) is 5.91 Å². The second-order valence-electron chi connectivity index (χ2n) is 11.0. The summed E-state index contributed by atoms with van der Waals surface area (Å²) in [6, 6.07) is 8.11. The summed E-state index contributed by atoms with van der Waals surface area (Å²) in [6.07, 6.45) is 1.52. The molecule has 10 nitrogen and oxygen atoms in total. The Balaban J connectivity index is 1.26. The third-order valence-corrected chi connectivity index (χ3v) is 7.79. The number of carbonyl (C=O) groups excluding carboxylic acids is 2. The summed E-state index contributed by atoms with van der Waals surface area (Å²) >= 11 is 0. The van der Waals surface area contributed by atoms with Gasteiger partial charge in [-0.25, -0.2) is 15.0 Å². The van der Waals surface area contributed by atoms with E-state index in [2.05, 4.69) is 15.3 Å². The summed E-state index contributed by atoms with van der Waals surface area (Å²) in [6.45, 7) is 3.99. The Bertz CT molecular complexity index is 1670. The number of piperidine rings is 1. The molecular weight excluding hydrogens is 551 g/mol. The smallest absolute Gasteiger partial charge is 0.382 e. The van der Waals surface area contributed by atoms with Crippen molar-refractivity contribution in [2.45, 2.75) is 31.9 Å². The van der Waals surface area contributed by atoms with Crippen LogP contribution in [-0.2, 0) is 15.7 Å². The number of aromatic nitrogens is 4. The zero-order valence-electron chi connectivity index (χ0n) is 22.7. The van der Waals surface area contributed by atoms with Crippen LogP contribution >= 0.6 is 0 Å². The van der Waals surface area contributed by atoms with E-state index >= 15 is 0 Å². The molecular formula is C29H28F3N7O3. The molecule has 1 atom stereocenters. The highest BCUT2D eigenvalue weighted by atomic mass is 19.4. The molecule has 218 valence electrons. The fourth-order valence-corrected chi connectivity index (χ4v) is 5.51. The molecule has 0 saturated carbocycles. The number of halogens is 3. The van der Waals surface area contributed by atoms with Crippen molar-refractivity contribution < 1.29 is 27.5 Å². The van der Waals surface area contributed by atoms with Gasteiger partial charge in [0.2, 0.25) is 5.91 Å². The van der Waals surface area contributed by atoms with Crippen LogP contribution in [0.15, 0.2) is 55.0 Å². The molecule has 42 heavy (non-hydrogen) atoms. The number of benzene rings is 1. The number of imidazole rings is 1. The van der Waals surface area contributed by atoms with Crippen molar-refractivity contribution in [3.05, 3.63) is 71.9 Å². The molecule has 5 heterocycles. The van der Waals surface area contributed by atoms with Crippen molar-refractivity contribution in [1.82, 2.24) is 24.3 Å². The molecule has 2 aliphatic rings. The maximum atomic E-state index is 13.2. The Morgan fingerprint density at radius 3 is 2.57 bits per heavy atom. The Hall–Kier alpha value is -4.52. The van der Waals surface area contributed by atoms with Crippen LogP contribution in [0.4, 0.5) is 24.8 Å². The summed E-state index contributed by atoms with van der Waals surface area (Å²) in [5.74, 6) is 0.296. The average Bonchev–Trinajstić information content (AvgIpc) is 3.36. The van der Waals surface area contributed by atoms with Gasteiger partial charge in [-0.15, -0.1) is 0 Å². The summed E-state index contributed by atoms with van der Waals surface area (Å²) in [7, 11) is 0. The molecule has 3 aromatic heterocycles. The third-order valence-electron chi connectivity index (χ3n) is 7.79. The van der Waals surface area contributed by atoms with Gasteiger partial charge in [0.1, 0.15) is 28.7 Å². The van der Waals surface area contributed by atoms with E-state index in [9.17, 15) is 22.8 Å². The van der Waals surface area contributed by atoms with E-state index < -0.39 is 23.1 Å². The van der Waals surface area contributed by atoms with E-state index in [-0.39, 0.29) is 29.0 Å². The number of fused-ring (bicyclic) bond motifs is 1. The van der Waals surface area contributed by atoms with Crippen LogP contribution in [0.5, 0.6) is 0 Å². The molecule has 0 spiro atoms. The van der Waals surface area contributed by atoms with Gasteiger partial charge in [-0.05, 0) is 44.0 Å². The van der Waals surface area contributed by atoms with E-state index in [4.69, 9.17) is 15.5 Å². The molecule has 4 aromatic rings. The lowest BCUT2D eigenvalue weighted by Gasteiger charge is -2.42. The van der Waals surface area contributed by atoms with Crippen molar-refractivity contribution in [3.8, 4) is 11.3 Å². The fraction of sp³-hybridized carbons (Fsp3) is 0.345. The van der Waals surface area contributed by atoms with Crippen molar-refractivity contribution >= 4 is 29.0 Å². The normalized spacial score (nSPS) is 18.5. The molecule has 2 amide bonds. The quantitative estimate of drug-likeness (QED) is 0.359. The van der Waals surface area contributed by atoms with Gasteiger partial charge in [0, 0.05) is 48.7 Å². The first kappa shape index (κ1) is 27.6. The van der Waals surface area contributed by atoms with E-state index in [0.29, 0.717) is 43.1 Å². The molecule has 0 bridgehead atoms. The summed E-state index contributed by atoms with van der Waals surface area (Å²) in [5.41, 5.74) is 6.99. The first-order valence-electron chi connectivity index (χ1n) is 13.5. The van der Waals surface area contributed by atoms with Gasteiger partial charge in [0.15, 0.2) is 0 Å². The number of amides is 2. The fourth-order valence-electron chi connectivity index (χ4n) is 5.51.